The lowest BCUT2D eigenvalue weighted by molar-refractivity contribution is -0.128. The van der Waals surface area contributed by atoms with Gasteiger partial charge in [0.2, 0.25) is 11.8 Å². The highest BCUT2D eigenvalue weighted by Crippen LogP contribution is 2.19. The molecule has 2 amide bonds. The quantitative estimate of drug-likeness (QED) is 0.598. The molecule has 0 radical (unpaired) electrons. The molecule has 26 heavy (non-hydrogen) atoms. The summed E-state index contributed by atoms with van der Waals surface area (Å²) in [5, 5.41) is 16.0. The molecule has 0 aliphatic heterocycles. The lowest BCUT2D eigenvalue weighted by Gasteiger charge is -2.25. The molecule has 0 saturated heterocycles. The van der Waals surface area contributed by atoms with E-state index in [0.29, 0.717) is 0 Å². The molecule has 1 heterocycles. The van der Waals surface area contributed by atoms with Gasteiger partial charge in [-0.05, 0) is 30.5 Å². The minimum absolute atomic E-state index is 0.143. The molecule has 0 bridgehead atoms. The van der Waals surface area contributed by atoms with Crippen molar-refractivity contribution in [1.82, 2.24) is 15.6 Å². The van der Waals surface area contributed by atoms with E-state index in [1.54, 1.807) is 6.08 Å². The monoisotopic (exact) mass is 355 g/mol. The maximum Gasteiger partial charge on any atom is 0.245 e. The van der Waals surface area contributed by atoms with Gasteiger partial charge in [0, 0.05) is 29.2 Å². The maximum absolute atomic E-state index is 12.3. The number of carbonyl (C=O) groups excluding carboxylic acids is 2. The van der Waals surface area contributed by atoms with Gasteiger partial charge < -0.3 is 20.7 Å². The molecule has 1 atom stereocenters. The number of para-hydroxylation sites is 1. The molecule has 1 aromatic heterocycles. The number of aromatic amines is 1. The van der Waals surface area contributed by atoms with E-state index < -0.39 is 18.6 Å². The Morgan fingerprint density at radius 1 is 1.23 bits per heavy atom. The molecule has 1 saturated carbocycles. The Morgan fingerprint density at radius 2 is 2.00 bits per heavy atom. The molecular formula is C20H25N3O3. The van der Waals surface area contributed by atoms with E-state index in [0.717, 1.165) is 42.1 Å². The number of nitrogens with one attached hydrogen (secondary N) is 3. The zero-order chi connectivity index (χ0) is 18.4. The number of aliphatic hydroxyl groups is 1. The normalized spacial score (nSPS) is 16.7. The average molecular weight is 355 g/mol. The predicted octanol–water partition coefficient (Wildman–Crippen LogP) is 2.11. The maximum atomic E-state index is 12.3. The van der Waals surface area contributed by atoms with Crippen molar-refractivity contribution < 1.29 is 14.7 Å². The number of hydrogen-bond acceptors (Lipinski definition) is 3. The largest absolute Gasteiger partial charge is 0.394 e. The first-order valence-corrected chi connectivity index (χ1v) is 9.13. The minimum Gasteiger partial charge on any atom is -0.394 e. The van der Waals surface area contributed by atoms with Gasteiger partial charge in [0.05, 0.1) is 6.61 Å². The van der Waals surface area contributed by atoms with Gasteiger partial charge in [0.1, 0.15) is 6.04 Å². The van der Waals surface area contributed by atoms with Crippen molar-refractivity contribution in [1.29, 1.82) is 0 Å². The third kappa shape index (κ3) is 4.52. The highest BCUT2D eigenvalue weighted by atomic mass is 16.3. The van der Waals surface area contributed by atoms with E-state index >= 15 is 0 Å². The van der Waals surface area contributed by atoms with E-state index in [1.807, 2.05) is 30.5 Å². The van der Waals surface area contributed by atoms with Crippen molar-refractivity contribution in [3.05, 3.63) is 42.1 Å². The number of benzene rings is 1. The molecule has 1 aromatic carbocycles. The SMILES string of the molecule is O=C(C=Cc1c[nH]c2ccccc12)NC(CO)C(=O)NC1CCCCC1. The summed E-state index contributed by atoms with van der Waals surface area (Å²) < 4.78 is 0. The van der Waals surface area contributed by atoms with Crippen LogP contribution < -0.4 is 10.6 Å². The Balaban J connectivity index is 1.57. The third-order valence-electron chi connectivity index (χ3n) is 4.80. The fourth-order valence-corrected chi connectivity index (χ4v) is 3.36. The zero-order valence-corrected chi connectivity index (χ0v) is 14.7. The summed E-state index contributed by atoms with van der Waals surface area (Å²) >= 11 is 0. The lowest BCUT2D eigenvalue weighted by atomic mass is 9.95. The predicted molar refractivity (Wildman–Crippen MR) is 101 cm³/mol. The fourth-order valence-electron chi connectivity index (χ4n) is 3.36. The molecule has 1 unspecified atom stereocenters. The van der Waals surface area contributed by atoms with Crippen LogP contribution in [0.2, 0.25) is 0 Å². The van der Waals surface area contributed by atoms with Gasteiger partial charge >= 0.3 is 0 Å². The van der Waals surface area contributed by atoms with E-state index in [2.05, 4.69) is 15.6 Å². The third-order valence-corrected chi connectivity index (χ3v) is 4.80. The van der Waals surface area contributed by atoms with E-state index in [9.17, 15) is 14.7 Å². The van der Waals surface area contributed by atoms with Crippen LogP contribution in [-0.4, -0.2) is 40.6 Å². The highest BCUT2D eigenvalue weighted by Gasteiger charge is 2.23. The van der Waals surface area contributed by atoms with Crippen LogP contribution in [0, 0.1) is 0 Å². The number of rotatable bonds is 6. The summed E-state index contributed by atoms with van der Waals surface area (Å²) in [4.78, 5) is 27.6. The first kappa shape index (κ1) is 18.2. The van der Waals surface area contributed by atoms with Crippen molar-refractivity contribution in [2.45, 2.75) is 44.2 Å². The Morgan fingerprint density at radius 3 is 2.77 bits per heavy atom. The van der Waals surface area contributed by atoms with Gasteiger partial charge in [-0.15, -0.1) is 0 Å². The number of hydrogen-bond donors (Lipinski definition) is 4. The van der Waals surface area contributed by atoms with Gasteiger partial charge in [-0.25, -0.2) is 0 Å². The number of amides is 2. The van der Waals surface area contributed by atoms with Gasteiger partial charge in [-0.1, -0.05) is 37.5 Å². The van der Waals surface area contributed by atoms with Crippen LogP contribution >= 0.6 is 0 Å². The second kappa shape index (κ2) is 8.67. The van der Waals surface area contributed by atoms with Crippen LogP contribution in [0.25, 0.3) is 17.0 Å². The second-order valence-electron chi connectivity index (χ2n) is 6.71. The molecule has 6 heteroatoms. The summed E-state index contributed by atoms with van der Waals surface area (Å²) in [6, 6.07) is 7.02. The highest BCUT2D eigenvalue weighted by molar-refractivity contribution is 5.98. The molecular weight excluding hydrogens is 330 g/mol. The van der Waals surface area contributed by atoms with Gasteiger partial charge in [-0.3, -0.25) is 9.59 Å². The molecule has 138 valence electrons. The molecule has 6 nitrogen and oxygen atoms in total. The second-order valence-corrected chi connectivity index (χ2v) is 6.71. The van der Waals surface area contributed by atoms with Crippen molar-refractivity contribution in [2.24, 2.45) is 0 Å². The summed E-state index contributed by atoms with van der Waals surface area (Å²) in [5.41, 5.74) is 1.88. The van der Waals surface area contributed by atoms with Gasteiger partial charge in [0.25, 0.3) is 0 Å². The van der Waals surface area contributed by atoms with E-state index in [-0.39, 0.29) is 11.9 Å². The Labute approximate surface area is 152 Å². The molecule has 1 aliphatic carbocycles. The number of fused-ring (bicyclic) bond motifs is 1. The number of aliphatic hydroxyl groups excluding tert-OH is 1. The van der Waals surface area contributed by atoms with Crippen LogP contribution in [0.1, 0.15) is 37.7 Å². The average Bonchev–Trinajstić information content (AvgIpc) is 3.08. The summed E-state index contributed by atoms with van der Waals surface area (Å²) in [5.74, 6) is -0.735. The molecule has 4 N–H and O–H groups in total. The molecule has 1 aliphatic rings. The van der Waals surface area contributed by atoms with Gasteiger partial charge in [-0.2, -0.15) is 0 Å². The minimum atomic E-state index is -0.933. The van der Waals surface area contributed by atoms with Crippen LogP contribution in [0.15, 0.2) is 36.5 Å². The number of H-pyrrole nitrogens is 1. The molecule has 0 spiro atoms. The standard InChI is InChI=1S/C20H25N3O3/c24-13-18(20(26)22-15-6-2-1-3-7-15)23-19(25)11-10-14-12-21-17-9-5-4-8-16(14)17/h4-5,8-12,15,18,21,24H,1-3,6-7,13H2,(H,22,26)(H,23,25). The summed E-state index contributed by atoms with van der Waals surface area (Å²) in [6.07, 6.45) is 10.2. The Hall–Kier alpha value is -2.60. The van der Waals surface area contributed by atoms with Crippen molar-refractivity contribution in [2.75, 3.05) is 6.61 Å². The summed E-state index contributed by atoms with van der Waals surface area (Å²) in [6.45, 7) is -0.425. The van der Waals surface area contributed by atoms with Gasteiger partial charge in [0.15, 0.2) is 0 Å². The topological polar surface area (TPSA) is 94.2 Å². The zero-order valence-electron chi connectivity index (χ0n) is 14.7. The van der Waals surface area contributed by atoms with E-state index in [1.165, 1.54) is 12.5 Å². The van der Waals surface area contributed by atoms with Crippen molar-refractivity contribution >= 4 is 28.8 Å². The number of aromatic nitrogens is 1. The van der Waals surface area contributed by atoms with Crippen LogP contribution in [0.3, 0.4) is 0 Å². The molecule has 1 fully saturated rings. The van der Waals surface area contributed by atoms with Crippen LogP contribution in [0.5, 0.6) is 0 Å². The van der Waals surface area contributed by atoms with Crippen molar-refractivity contribution in [3.63, 3.8) is 0 Å². The fraction of sp³-hybridized carbons (Fsp3) is 0.400. The van der Waals surface area contributed by atoms with Crippen molar-refractivity contribution in [3.8, 4) is 0 Å². The Kier molecular flexibility index (Phi) is 6.07. The molecule has 3 rings (SSSR count). The first-order valence-electron chi connectivity index (χ1n) is 9.13. The molecule has 2 aromatic rings. The summed E-state index contributed by atoms with van der Waals surface area (Å²) in [7, 11) is 0. The number of carbonyl (C=O) groups is 2. The smallest absolute Gasteiger partial charge is 0.245 e. The first-order chi connectivity index (χ1) is 12.7. The Bertz CT molecular complexity index is 790. The van der Waals surface area contributed by atoms with Crippen LogP contribution in [-0.2, 0) is 9.59 Å². The lowest BCUT2D eigenvalue weighted by Crippen LogP contribution is -2.51. The van der Waals surface area contributed by atoms with E-state index in [4.69, 9.17) is 0 Å². The van der Waals surface area contributed by atoms with Crippen LogP contribution in [0.4, 0.5) is 0 Å².